The molecule has 1 aliphatic rings. The summed E-state index contributed by atoms with van der Waals surface area (Å²) in [6.45, 7) is 8.67. The quantitative estimate of drug-likeness (QED) is 0.511. The number of aromatic nitrogens is 3. The SMILES string of the molecule is COC(=O)CCCn1c(C)cc(C(=O)C[NH+]2CCN(c3ncccn3)CC2)c1C. The molecule has 0 radical (unpaired) electrons. The summed E-state index contributed by atoms with van der Waals surface area (Å²) in [7, 11) is 1.40. The number of carbonyl (C=O) groups excluding carboxylic acids is 2. The number of aryl methyl sites for hydroxylation is 1. The lowest BCUT2D eigenvalue weighted by Crippen LogP contribution is -3.15. The second-order valence-corrected chi connectivity index (χ2v) is 7.50. The molecule has 0 saturated carbocycles. The van der Waals surface area contributed by atoms with E-state index in [4.69, 9.17) is 4.74 Å². The van der Waals surface area contributed by atoms with Gasteiger partial charge in [0.25, 0.3) is 0 Å². The highest BCUT2D eigenvalue weighted by Gasteiger charge is 2.25. The summed E-state index contributed by atoms with van der Waals surface area (Å²) < 4.78 is 6.82. The molecule has 0 atom stereocenters. The van der Waals surface area contributed by atoms with E-state index in [9.17, 15) is 9.59 Å². The fourth-order valence-electron chi connectivity index (χ4n) is 3.89. The van der Waals surface area contributed by atoms with Crippen LogP contribution in [0.4, 0.5) is 5.95 Å². The van der Waals surface area contributed by atoms with Gasteiger partial charge < -0.3 is 19.1 Å². The molecule has 156 valence electrons. The van der Waals surface area contributed by atoms with Gasteiger partial charge in [-0.05, 0) is 32.4 Å². The zero-order chi connectivity index (χ0) is 20.8. The number of carbonyl (C=O) groups is 2. The summed E-state index contributed by atoms with van der Waals surface area (Å²) in [5, 5.41) is 0. The van der Waals surface area contributed by atoms with Gasteiger partial charge in [0.15, 0.2) is 0 Å². The fourth-order valence-corrected chi connectivity index (χ4v) is 3.89. The molecule has 8 nitrogen and oxygen atoms in total. The summed E-state index contributed by atoms with van der Waals surface area (Å²) in [5.74, 6) is 0.734. The molecule has 1 aliphatic heterocycles. The summed E-state index contributed by atoms with van der Waals surface area (Å²) in [5.41, 5.74) is 2.83. The molecule has 2 aromatic heterocycles. The van der Waals surface area contributed by atoms with E-state index in [1.807, 2.05) is 26.0 Å². The first-order chi connectivity index (χ1) is 14.0. The second kappa shape index (κ2) is 9.65. The minimum atomic E-state index is -0.201. The number of ketones is 1. The van der Waals surface area contributed by atoms with Gasteiger partial charge >= 0.3 is 5.97 Å². The zero-order valence-corrected chi connectivity index (χ0v) is 17.5. The van der Waals surface area contributed by atoms with Crippen LogP contribution in [0.15, 0.2) is 24.5 Å². The Morgan fingerprint density at radius 3 is 2.52 bits per heavy atom. The van der Waals surface area contributed by atoms with Crippen molar-refractivity contribution in [1.29, 1.82) is 0 Å². The number of hydrogen-bond donors (Lipinski definition) is 1. The molecule has 0 spiro atoms. The van der Waals surface area contributed by atoms with Crippen LogP contribution in [0.3, 0.4) is 0 Å². The normalized spacial score (nSPS) is 14.8. The van der Waals surface area contributed by atoms with E-state index in [1.54, 1.807) is 12.4 Å². The van der Waals surface area contributed by atoms with Crippen molar-refractivity contribution in [3.63, 3.8) is 0 Å². The number of anilines is 1. The van der Waals surface area contributed by atoms with E-state index < -0.39 is 0 Å². The third-order valence-electron chi connectivity index (χ3n) is 5.58. The maximum Gasteiger partial charge on any atom is 0.305 e. The van der Waals surface area contributed by atoms with Crippen molar-refractivity contribution in [2.24, 2.45) is 0 Å². The van der Waals surface area contributed by atoms with Gasteiger partial charge in [0.05, 0.1) is 33.3 Å². The number of nitrogens with one attached hydrogen (secondary N) is 1. The van der Waals surface area contributed by atoms with E-state index >= 15 is 0 Å². The number of methoxy groups -OCH3 is 1. The number of piperazine rings is 1. The molecule has 3 heterocycles. The van der Waals surface area contributed by atoms with Gasteiger partial charge in [0, 0.05) is 42.3 Å². The Morgan fingerprint density at radius 2 is 1.86 bits per heavy atom. The Hall–Kier alpha value is -2.74. The molecule has 0 unspecified atom stereocenters. The molecule has 0 aromatic carbocycles. The predicted octanol–water partition coefficient (Wildman–Crippen LogP) is 0.436. The molecule has 29 heavy (non-hydrogen) atoms. The average molecular weight is 401 g/mol. The van der Waals surface area contributed by atoms with Crippen LogP contribution in [-0.2, 0) is 16.1 Å². The largest absolute Gasteiger partial charge is 0.469 e. The van der Waals surface area contributed by atoms with Gasteiger partial charge in [-0.1, -0.05) is 0 Å². The molecule has 8 heteroatoms. The third kappa shape index (κ3) is 5.20. The topological polar surface area (TPSA) is 81.8 Å². The van der Waals surface area contributed by atoms with Crippen molar-refractivity contribution in [2.45, 2.75) is 33.2 Å². The van der Waals surface area contributed by atoms with Crippen LogP contribution in [0.2, 0.25) is 0 Å². The van der Waals surface area contributed by atoms with E-state index in [0.717, 1.165) is 49.1 Å². The smallest absolute Gasteiger partial charge is 0.305 e. The molecule has 1 saturated heterocycles. The molecule has 0 aliphatic carbocycles. The monoisotopic (exact) mass is 400 g/mol. The predicted molar refractivity (Wildman–Crippen MR) is 109 cm³/mol. The van der Waals surface area contributed by atoms with Crippen LogP contribution in [-0.4, -0.2) is 66.1 Å². The van der Waals surface area contributed by atoms with Crippen molar-refractivity contribution in [3.05, 3.63) is 41.5 Å². The van der Waals surface area contributed by atoms with Crippen molar-refractivity contribution in [3.8, 4) is 0 Å². The molecule has 0 amide bonds. The number of nitrogens with zero attached hydrogens (tertiary/aromatic N) is 4. The Balaban J connectivity index is 1.54. The summed E-state index contributed by atoms with van der Waals surface area (Å²) in [6.07, 6.45) is 4.60. The number of rotatable bonds is 8. The van der Waals surface area contributed by atoms with Gasteiger partial charge in [0.1, 0.15) is 6.54 Å². The van der Waals surface area contributed by atoms with Crippen molar-refractivity contribution < 1.29 is 19.2 Å². The van der Waals surface area contributed by atoms with Crippen LogP contribution in [0.1, 0.15) is 34.6 Å². The Morgan fingerprint density at radius 1 is 1.17 bits per heavy atom. The highest BCUT2D eigenvalue weighted by Crippen LogP contribution is 2.16. The lowest BCUT2D eigenvalue weighted by molar-refractivity contribution is -0.892. The van der Waals surface area contributed by atoms with Crippen LogP contribution >= 0.6 is 0 Å². The summed E-state index contributed by atoms with van der Waals surface area (Å²) >= 11 is 0. The highest BCUT2D eigenvalue weighted by atomic mass is 16.5. The van der Waals surface area contributed by atoms with E-state index in [-0.39, 0.29) is 11.8 Å². The van der Waals surface area contributed by atoms with Gasteiger partial charge in [-0.3, -0.25) is 9.59 Å². The van der Waals surface area contributed by atoms with E-state index in [1.165, 1.54) is 12.0 Å². The first-order valence-electron chi connectivity index (χ1n) is 10.1. The lowest BCUT2D eigenvalue weighted by atomic mass is 10.1. The molecule has 1 N–H and O–H groups in total. The molecule has 3 rings (SSSR count). The maximum absolute atomic E-state index is 12.9. The number of hydrogen-bond acceptors (Lipinski definition) is 6. The maximum atomic E-state index is 12.9. The summed E-state index contributed by atoms with van der Waals surface area (Å²) in [6, 6.07) is 3.79. The van der Waals surface area contributed by atoms with Gasteiger partial charge in [-0.2, -0.15) is 0 Å². The standard InChI is InChI=1S/C21H29N5O3/c1-16-14-18(17(2)26(16)9-4-6-20(28)29-3)19(27)15-24-10-12-25(13-11-24)21-22-7-5-8-23-21/h5,7-8,14H,4,6,9-13,15H2,1-3H3/p+1. The molecule has 1 fully saturated rings. The second-order valence-electron chi connectivity index (χ2n) is 7.50. The molecule has 0 bridgehead atoms. The summed E-state index contributed by atoms with van der Waals surface area (Å²) in [4.78, 5) is 36.3. The van der Waals surface area contributed by atoms with Gasteiger partial charge in [-0.15, -0.1) is 0 Å². The number of esters is 1. The lowest BCUT2D eigenvalue weighted by Gasteiger charge is -2.31. The molecular formula is C21H30N5O3+. The van der Waals surface area contributed by atoms with Crippen molar-refractivity contribution >= 4 is 17.7 Å². The Bertz CT molecular complexity index is 842. The van der Waals surface area contributed by atoms with E-state index in [0.29, 0.717) is 25.9 Å². The average Bonchev–Trinajstić information content (AvgIpc) is 3.03. The molecule has 2 aromatic rings. The molecular weight excluding hydrogens is 370 g/mol. The van der Waals surface area contributed by atoms with Gasteiger partial charge in [0.2, 0.25) is 11.7 Å². The Kier molecular flexibility index (Phi) is 6.98. The minimum Gasteiger partial charge on any atom is -0.469 e. The fraction of sp³-hybridized carbons (Fsp3) is 0.524. The number of Topliss-reactive ketones (excluding diaryl/α,β-unsaturated/α-hetero) is 1. The third-order valence-corrected chi connectivity index (χ3v) is 5.58. The number of ether oxygens (including phenoxy) is 1. The first-order valence-corrected chi connectivity index (χ1v) is 10.1. The van der Waals surface area contributed by atoms with Crippen molar-refractivity contribution in [1.82, 2.24) is 14.5 Å². The number of quaternary nitrogens is 1. The van der Waals surface area contributed by atoms with Crippen molar-refractivity contribution in [2.75, 3.05) is 44.7 Å². The van der Waals surface area contributed by atoms with Crippen LogP contribution in [0.5, 0.6) is 0 Å². The Labute approximate surface area is 171 Å². The highest BCUT2D eigenvalue weighted by molar-refractivity contribution is 5.98. The van der Waals surface area contributed by atoms with Crippen LogP contribution in [0, 0.1) is 13.8 Å². The van der Waals surface area contributed by atoms with Crippen LogP contribution in [0.25, 0.3) is 0 Å². The van der Waals surface area contributed by atoms with Gasteiger partial charge in [-0.25, -0.2) is 9.97 Å². The first kappa shape index (κ1) is 21.0. The zero-order valence-electron chi connectivity index (χ0n) is 17.5. The minimum absolute atomic E-state index is 0.178. The van der Waals surface area contributed by atoms with Crippen LogP contribution < -0.4 is 9.80 Å². The van der Waals surface area contributed by atoms with E-state index in [2.05, 4.69) is 19.4 Å².